The van der Waals surface area contributed by atoms with Crippen molar-refractivity contribution in [2.24, 2.45) is 0 Å². The van der Waals surface area contributed by atoms with Crippen LogP contribution in [0, 0.1) is 0 Å². The molecule has 1 rings (SSSR count). The minimum atomic E-state index is -3.50. The van der Waals surface area contributed by atoms with Crippen LogP contribution in [0.1, 0.15) is 5.56 Å². The zero-order chi connectivity index (χ0) is 14.3. The van der Waals surface area contributed by atoms with Crippen LogP contribution in [0.4, 0.5) is 0 Å². The van der Waals surface area contributed by atoms with Gasteiger partial charge in [0, 0.05) is 19.6 Å². The molecule has 0 aromatic heterocycles. The van der Waals surface area contributed by atoms with E-state index in [4.69, 9.17) is 0 Å². The van der Waals surface area contributed by atoms with Gasteiger partial charge in [0.1, 0.15) is 0 Å². The van der Waals surface area contributed by atoms with Crippen LogP contribution < -0.4 is 5.32 Å². The first-order valence-electron chi connectivity index (χ1n) is 6.01. The largest absolute Gasteiger partial charge is 0.316 e. The molecule has 0 radical (unpaired) electrons. The first-order valence-corrected chi connectivity index (χ1v) is 7.45. The van der Waals surface area contributed by atoms with E-state index < -0.39 is 10.0 Å². The molecule has 0 fully saturated rings. The van der Waals surface area contributed by atoms with Gasteiger partial charge in [-0.25, -0.2) is 8.42 Å². The Morgan fingerprint density at radius 1 is 1.26 bits per heavy atom. The van der Waals surface area contributed by atoms with E-state index in [0.717, 1.165) is 5.56 Å². The van der Waals surface area contributed by atoms with E-state index in [-0.39, 0.29) is 13.1 Å². The third-order valence-corrected chi connectivity index (χ3v) is 4.41. The summed E-state index contributed by atoms with van der Waals surface area (Å²) in [7, 11) is -1.68. The zero-order valence-electron chi connectivity index (χ0n) is 11.2. The van der Waals surface area contributed by atoms with Crippen LogP contribution in [0.5, 0.6) is 0 Å². The van der Waals surface area contributed by atoms with Crippen molar-refractivity contribution >= 4 is 10.0 Å². The maximum Gasteiger partial charge on any atom is 0.243 e. The van der Waals surface area contributed by atoms with Gasteiger partial charge in [-0.3, -0.25) is 0 Å². The number of hydrogen-bond acceptors (Lipinski definition) is 3. The van der Waals surface area contributed by atoms with Gasteiger partial charge >= 0.3 is 0 Å². The lowest BCUT2D eigenvalue weighted by Crippen LogP contribution is -2.31. The fraction of sp³-hybridized carbons (Fsp3) is 0.286. The Morgan fingerprint density at radius 2 is 1.89 bits per heavy atom. The molecule has 0 amide bonds. The predicted octanol–water partition coefficient (Wildman–Crippen LogP) is 1.77. The van der Waals surface area contributed by atoms with E-state index in [0.29, 0.717) is 11.4 Å². The quantitative estimate of drug-likeness (QED) is 0.738. The molecule has 1 aromatic rings. The Labute approximate surface area is 115 Å². The lowest BCUT2D eigenvalue weighted by molar-refractivity contribution is 0.474. The number of nitrogens with one attached hydrogen (secondary N) is 1. The van der Waals surface area contributed by atoms with Crippen molar-refractivity contribution in [3.8, 4) is 0 Å². The molecule has 0 aliphatic carbocycles. The minimum Gasteiger partial charge on any atom is -0.316 e. The van der Waals surface area contributed by atoms with Crippen molar-refractivity contribution in [2.45, 2.75) is 11.4 Å². The van der Waals surface area contributed by atoms with E-state index in [1.165, 1.54) is 4.31 Å². The van der Waals surface area contributed by atoms with Gasteiger partial charge < -0.3 is 5.32 Å². The molecule has 0 unspecified atom stereocenters. The van der Waals surface area contributed by atoms with Crippen molar-refractivity contribution in [1.29, 1.82) is 0 Å². The topological polar surface area (TPSA) is 49.4 Å². The molecule has 0 aliphatic heterocycles. The van der Waals surface area contributed by atoms with Crippen molar-refractivity contribution in [3.63, 3.8) is 0 Å². The minimum absolute atomic E-state index is 0.268. The summed E-state index contributed by atoms with van der Waals surface area (Å²) in [5.41, 5.74) is 0.931. The Hall–Kier alpha value is -1.43. The first-order chi connectivity index (χ1) is 9.06. The molecule has 104 valence electrons. The maximum atomic E-state index is 12.5. The van der Waals surface area contributed by atoms with Crippen LogP contribution in [0.3, 0.4) is 0 Å². The summed E-state index contributed by atoms with van der Waals surface area (Å²) < 4.78 is 26.3. The number of rotatable bonds is 8. The summed E-state index contributed by atoms with van der Waals surface area (Å²) in [6, 6.07) is 6.93. The van der Waals surface area contributed by atoms with E-state index in [2.05, 4.69) is 18.5 Å². The number of sulfonamides is 1. The van der Waals surface area contributed by atoms with Gasteiger partial charge in [-0.2, -0.15) is 4.31 Å². The maximum absolute atomic E-state index is 12.5. The second-order valence-corrected chi connectivity index (χ2v) is 6.02. The Balaban J connectivity index is 3.12. The molecule has 5 heteroatoms. The second kappa shape index (κ2) is 7.23. The Morgan fingerprint density at radius 3 is 2.42 bits per heavy atom. The van der Waals surface area contributed by atoms with Crippen LogP contribution in [0.2, 0.25) is 0 Å². The van der Waals surface area contributed by atoms with Gasteiger partial charge in [-0.05, 0) is 24.7 Å². The fourth-order valence-electron chi connectivity index (χ4n) is 1.73. The molecule has 0 spiro atoms. The number of benzene rings is 1. The molecule has 19 heavy (non-hydrogen) atoms. The van der Waals surface area contributed by atoms with Crippen LogP contribution in [0.15, 0.2) is 54.5 Å². The van der Waals surface area contributed by atoms with Crippen molar-refractivity contribution in [1.82, 2.24) is 9.62 Å². The molecule has 1 N–H and O–H groups in total. The third kappa shape index (κ3) is 4.02. The van der Waals surface area contributed by atoms with E-state index in [9.17, 15) is 8.42 Å². The smallest absolute Gasteiger partial charge is 0.243 e. The average Bonchev–Trinajstić information content (AvgIpc) is 2.39. The van der Waals surface area contributed by atoms with Crippen LogP contribution in [0.25, 0.3) is 0 Å². The van der Waals surface area contributed by atoms with Crippen molar-refractivity contribution in [2.75, 3.05) is 20.1 Å². The second-order valence-electron chi connectivity index (χ2n) is 4.08. The molecular formula is C14H20N2O2S. The van der Waals surface area contributed by atoms with Crippen LogP contribution in [-0.4, -0.2) is 32.9 Å². The predicted molar refractivity (Wildman–Crippen MR) is 78.4 cm³/mol. The van der Waals surface area contributed by atoms with Gasteiger partial charge in [0.05, 0.1) is 4.90 Å². The molecule has 0 heterocycles. The molecule has 0 aliphatic rings. The van der Waals surface area contributed by atoms with Crippen molar-refractivity contribution < 1.29 is 8.42 Å². The fourth-order valence-corrected chi connectivity index (χ4v) is 3.18. The van der Waals surface area contributed by atoms with Gasteiger partial charge in [0.15, 0.2) is 0 Å². The van der Waals surface area contributed by atoms with E-state index >= 15 is 0 Å². The van der Waals surface area contributed by atoms with Gasteiger partial charge in [0.25, 0.3) is 0 Å². The standard InChI is InChI=1S/C14H20N2O2S/c1-4-9-16(10-5-2)19(17,18)14-8-6-7-13(11-14)12-15-3/h4-8,11,15H,1-2,9-10,12H2,3H3. The molecular weight excluding hydrogens is 260 g/mol. The zero-order valence-corrected chi connectivity index (χ0v) is 12.0. The molecule has 1 aromatic carbocycles. The average molecular weight is 280 g/mol. The van der Waals surface area contributed by atoms with Gasteiger partial charge in [-0.1, -0.05) is 24.3 Å². The highest BCUT2D eigenvalue weighted by Gasteiger charge is 2.22. The molecule has 0 bridgehead atoms. The highest BCUT2D eigenvalue weighted by Crippen LogP contribution is 2.17. The Bertz CT molecular complexity index is 528. The van der Waals surface area contributed by atoms with Crippen LogP contribution >= 0.6 is 0 Å². The van der Waals surface area contributed by atoms with Crippen molar-refractivity contribution in [3.05, 3.63) is 55.1 Å². The molecule has 4 nitrogen and oxygen atoms in total. The summed E-state index contributed by atoms with van der Waals surface area (Å²) in [6.45, 7) is 8.34. The molecule has 0 saturated heterocycles. The lowest BCUT2D eigenvalue weighted by atomic mass is 10.2. The number of hydrogen-bond donors (Lipinski definition) is 1. The number of nitrogens with zero attached hydrogens (tertiary/aromatic N) is 1. The summed E-state index contributed by atoms with van der Waals surface area (Å²) in [6.07, 6.45) is 3.14. The van der Waals surface area contributed by atoms with E-state index in [1.54, 1.807) is 30.4 Å². The summed E-state index contributed by atoms with van der Waals surface area (Å²) in [5, 5.41) is 3.00. The van der Waals surface area contributed by atoms with Gasteiger partial charge in [-0.15, -0.1) is 13.2 Å². The molecule has 0 saturated carbocycles. The summed E-state index contributed by atoms with van der Waals surface area (Å²) >= 11 is 0. The SMILES string of the molecule is C=CCN(CC=C)S(=O)(=O)c1cccc(CNC)c1. The summed E-state index contributed by atoms with van der Waals surface area (Å²) in [5.74, 6) is 0. The molecule has 0 atom stereocenters. The lowest BCUT2D eigenvalue weighted by Gasteiger charge is -2.19. The Kier molecular flexibility index (Phi) is 5.95. The normalized spacial score (nSPS) is 11.5. The monoisotopic (exact) mass is 280 g/mol. The van der Waals surface area contributed by atoms with Gasteiger partial charge in [0.2, 0.25) is 10.0 Å². The first kappa shape index (κ1) is 15.6. The third-order valence-electron chi connectivity index (χ3n) is 2.58. The highest BCUT2D eigenvalue weighted by atomic mass is 32.2. The van der Waals surface area contributed by atoms with E-state index in [1.807, 2.05) is 13.1 Å². The highest BCUT2D eigenvalue weighted by molar-refractivity contribution is 7.89. The van der Waals surface area contributed by atoms with Crippen LogP contribution in [-0.2, 0) is 16.6 Å². The summed E-state index contributed by atoms with van der Waals surface area (Å²) in [4.78, 5) is 0.295.